The van der Waals surface area contributed by atoms with Gasteiger partial charge in [0.25, 0.3) is 5.91 Å². The van der Waals surface area contributed by atoms with Crippen LogP contribution >= 0.6 is 11.6 Å². The molecule has 0 N–H and O–H groups in total. The summed E-state index contributed by atoms with van der Waals surface area (Å²) in [7, 11) is 0. The molecule has 194 valence electrons. The fourth-order valence-electron chi connectivity index (χ4n) is 5.04. The van der Waals surface area contributed by atoms with Gasteiger partial charge in [-0.25, -0.2) is 0 Å². The molecular weight excluding hydrogens is 478 g/mol. The average Bonchev–Trinajstić information content (AvgIpc) is 2.89. The van der Waals surface area contributed by atoms with Crippen LogP contribution in [0.15, 0.2) is 48.5 Å². The summed E-state index contributed by atoms with van der Waals surface area (Å²) in [6.45, 7) is 6.68. The van der Waals surface area contributed by atoms with Gasteiger partial charge in [0.1, 0.15) is 5.75 Å². The Labute approximate surface area is 218 Å². The van der Waals surface area contributed by atoms with Crippen molar-refractivity contribution in [1.82, 2.24) is 9.80 Å². The fourth-order valence-corrected chi connectivity index (χ4v) is 5.17. The number of hydrogen-bond acceptors (Lipinski definition) is 5. The first-order valence-electron chi connectivity index (χ1n) is 12.8. The van der Waals surface area contributed by atoms with E-state index >= 15 is 0 Å². The largest absolute Gasteiger partial charge is 0.484 e. The quantitative estimate of drug-likeness (QED) is 0.607. The lowest BCUT2D eigenvalue weighted by Crippen LogP contribution is -2.44. The summed E-state index contributed by atoms with van der Waals surface area (Å²) in [6.07, 6.45) is 3.83. The van der Waals surface area contributed by atoms with Crippen molar-refractivity contribution in [3.8, 4) is 5.75 Å². The first-order valence-corrected chi connectivity index (χ1v) is 13.2. The molecule has 0 atom stereocenters. The smallest absolute Gasteiger partial charge is 0.260 e. The standard InChI is InChI=1S/C28H36ClN3O4/c1-22(33)32-17-5-15-30(25-12-18-35-19-13-25)14-4-16-31(20-23-6-2-3-7-27(23)32)28(34)21-36-26-10-8-24(29)9-11-26/h2-3,6-11,25H,4-5,12-21H2,1H3. The molecule has 2 aromatic rings. The second-order valence-electron chi connectivity index (χ2n) is 9.44. The van der Waals surface area contributed by atoms with Crippen molar-refractivity contribution in [2.24, 2.45) is 0 Å². The van der Waals surface area contributed by atoms with Gasteiger partial charge in [-0.3, -0.25) is 9.59 Å². The molecule has 2 heterocycles. The van der Waals surface area contributed by atoms with Gasteiger partial charge in [0.15, 0.2) is 6.61 Å². The number of amides is 2. The average molecular weight is 514 g/mol. The summed E-state index contributed by atoms with van der Waals surface area (Å²) in [6, 6.07) is 15.4. The number of anilines is 1. The zero-order chi connectivity index (χ0) is 25.3. The van der Waals surface area contributed by atoms with Gasteiger partial charge in [0.2, 0.25) is 5.91 Å². The first-order chi connectivity index (χ1) is 17.5. The maximum atomic E-state index is 13.3. The van der Waals surface area contributed by atoms with Gasteiger partial charge in [-0.15, -0.1) is 0 Å². The van der Waals surface area contributed by atoms with Crippen molar-refractivity contribution in [1.29, 1.82) is 0 Å². The van der Waals surface area contributed by atoms with E-state index < -0.39 is 0 Å². The fraction of sp³-hybridized carbons (Fsp3) is 0.500. The van der Waals surface area contributed by atoms with Crippen LogP contribution in [0, 0.1) is 0 Å². The summed E-state index contributed by atoms with van der Waals surface area (Å²) >= 11 is 5.96. The Bertz CT molecular complexity index is 1010. The van der Waals surface area contributed by atoms with Crippen LogP contribution in [-0.4, -0.2) is 73.7 Å². The number of ether oxygens (including phenoxy) is 2. The molecule has 0 saturated carbocycles. The van der Waals surface area contributed by atoms with E-state index in [1.807, 2.05) is 34.1 Å². The minimum atomic E-state index is -0.0798. The summed E-state index contributed by atoms with van der Waals surface area (Å²) in [5.74, 6) is 0.542. The first kappa shape index (κ1) is 26.5. The molecule has 7 nitrogen and oxygen atoms in total. The van der Waals surface area contributed by atoms with E-state index in [-0.39, 0.29) is 18.4 Å². The number of benzene rings is 2. The van der Waals surface area contributed by atoms with Crippen molar-refractivity contribution in [3.63, 3.8) is 0 Å². The molecule has 0 aromatic heterocycles. The molecule has 2 aromatic carbocycles. The molecule has 2 aliphatic rings. The molecule has 0 aliphatic carbocycles. The van der Waals surface area contributed by atoms with Gasteiger partial charge in [-0.1, -0.05) is 29.8 Å². The van der Waals surface area contributed by atoms with Crippen LogP contribution in [0.4, 0.5) is 5.69 Å². The molecule has 4 rings (SSSR count). The van der Waals surface area contributed by atoms with Gasteiger partial charge in [0.05, 0.1) is 0 Å². The van der Waals surface area contributed by atoms with Crippen LogP contribution in [0.1, 0.15) is 38.2 Å². The van der Waals surface area contributed by atoms with E-state index in [0.29, 0.717) is 36.4 Å². The molecule has 8 heteroatoms. The van der Waals surface area contributed by atoms with E-state index in [1.54, 1.807) is 31.2 Å². The van der Waals surface area contributed by atoms with Crippen molar-refractivity contribution in [2.45, 2.75) is 45.2 Å². The maximum absolute atomic E-state index is 13.3. The van der Waals surface area contributed by atoms with Crippen molar-refractivity contribution in [3.05, 3.63) is 59.1 Å². The topological polar surface area (TPSA) is 62.3 Å². The Kier molecular flexibility index (Phi) is 9.61. The zero-order valence-corrected chi connectivity index (χ0v) is 21.8. The molecule has 2 aliphatic heterocycles. The minimum Gasteiger partial charge on any atom is -0.484 e. The molecule has 0 bridgehead atoms. The highest BCUT2D eigenvalue weighted by atomic mass is 35.5. The number of halogens is 1. The highest BCUT2D eigenvalue weighted by molar-refractivity contribution is 6.30. The van der Waals surface area contributed by atoms with Gasteiger partial charge < -0.3 is 24.2 Å². The van der Waals surface area contributed by atoms with E-state index in [1.165, 1.54) is 0 Å². The number of carbonyl (C=O) groups excluding carboxylic acids is 2. The Morgan fingerprint density at radius 1 is 0.972 bits per heavy atom. The third-order valence-corrected chi connectivity index (χ3v) is 7.21. The molecule has 0 spiro atoms. The third kappa shape index (κ3) is 7.21. The second kappa shape index (κ2) is 13.1. The number of rotatable bonds is 4. The van der Waals surface area contributed by atoms with Gasteiger partial charge in [0, 0.05) is 69.6 Å². The summed E-state index contributed by atoms with van der Waals surface area (Å²) in [5, 5.41) is 0.623. The number of para-hydroxylation sites is 1. The molecule has 1 fully saturated rings. The lowest BCUT2D eigenvalue weighted by molar-refractivity contribution is -0.134. The lowest BCUT2D eigenvalue weighted by Gasteiger charge is -2.36. The molecule has 0 radical (unpaired) electrons. The Balaban J connectivity index is 1.54. The van der Waals surface area contributed by atoms with E-state index in [4.69, 9.17) is 21.1 Å². The molecular formula is C28H36ClN3O4. The number of nitrogens with zero attached hydrogens (tertiary/aromatic N) is 3. The van der Waals surface area contributed by atoms with Crippen LogP contribution in [-0.2, 0) is 20.9 Å². The van der Waals surface area contributed by atoms with Crippen LogP contribution in [0.3, 0.4) is 0 Å². The SMILES string of the molecule is CC(=O)N1CCCN(C2CCOCC2)CCCN(C(=O)COc2ccc(Cl)cc2)Cc2ccccc21. The van der Waals surface area contributed by atoms with Crippen molar-refractivity contribution >= 4 is 29.1 Å². The highest BCUT2D eigenvalue weighted by Gasteiger charge is 2.25. The van der Waals surface area contributed by atoms with Crippen molar-refractivity contribution in [2.75, 3.05) is 50.9 Å². The van der Waals surface area contributed by atoms with E-state index in [0.717, 1.165) is 63.2 Å². The minimum absolute atomic E-state index is 0.0149. The molecule has 2 amide bonds. The maximum Gasteiger partial charge on any atom is 0.260 e. The molecule has 1 saturated heterocycles. The summed E-state index contributed by atoms with van der Waals surface area (Å²) in [4.78, 5) is 32.2. The predicted molar refractivity (Wildman–Crippen MR) is 141 cm³/mol. The molecule has 0 unspecified atom stereocenters. The number of hydrogen-bond donors (Lipinski definition) is 0. The molecule has 36 heavy (non-hydrogen) atoms. The Morgan fingerprint density at radius 3 is 2.39 bits per heavy atom. The highest BCUT2D eigenvalue weighted by Crippen LogP contribution is 2.25. The lowest BCUT2D eigenvalue weighted by atomic mass is 10.1. The normalized spacial score (nSPS) is 18.6. The van der Waals surface area contributed by atoms with Gasteiger partial charge in [-0.2, -0.15) is 0 Å². The predicted octanol–water partition coefficient (Wildman–Crippen LogP) is 4.38. The zero-order valence-electron chi connectivity index (χ0n) is 21.0. The Morgan fingerprint density at radius 2 is 1.67 bits per heavy atom. The number of carbonyl (C=O) groups is 2. The number of fused-ring (bicyclic) bond motifs is 1. The monoisotopic (exact) mass is 513 g/mol. The third-order valence-electron chi connectivity index (χ3n) is 6.96. The van der Waals surface area contributed by atoms with Gasteiger partial charge in [-0.05, 0) is 61.6 Å². The van der Waals surface area contributed by atoms with E-state index in [2.05, 4.69) is 4.90 Å². The summed E-state index contributed by atoms with van der Waals surface area (Å²) < 4.78 is 11.4. The van der Waals surface area contributed by atoms with Gasteiger partial charge >= 0.3 is 0 Å². The second-order valence-corrected chi connectivity index (χ2v) is 9.88. The Hall–Kier alpha value is -2.61. The van der Waals surface area contributed by atoms with Crippen LogP contribution < -0.4 is 9.64 Å². The van der Waals surface area contributed by atoms with Crippen molar-refractivity contribution < 1.29 is 19.1 Å². The van der Waals surface area contributed by atoms with Crippen LogP contribution in [0.25, 0.3) is 0 Å². The summed E-state index contributed by atoms with van der Waals surface area (Å²) in [5.41, 5.74) is 1.84. The van der Waals surface area contributed by atoms with E-state index in [9.17, 15) is 9.59 Å². The van der Waals surface area contributed by atoms with Crippen LogP contribution in [0.5, 0.6) is 5.75 Å². The van der Waals surface area contributed by atoms with Crippen LogP contribution in [0.2, 0.25) is 5.02 Å².